The molecule has 1 heterocycles. The Bertz CT molecular complexity index is 937. The van der Waals surface area contributed by atoms with Crippen molar-refractivity contribution in [3.05, 3.63) is 65.7 Å². The minimum atomic E-state index is -0.659. The molecule has 3 rings (SSSR count). The van der Waals surface area contributed by atoms with E-state index in [0.717, 1.165) is 0 Å². The third kappa shape index (κ3) is 5.66. The summed E-state index contributed by atoms with van der Waals surface area (Å²) >= 11 is 0. The molecule has 0 radical (unpaired) electrons. The number of hydrogen-bond donors (Lipinski definition) is 2. The number of carbonyl (C=O) groups is 3. The second-order valence-electron chi connectivity index (χ2n) is 8.31. The van der Waals surface area contributed by atoms with Gasteiger partial charge < -0.3 is 20.3 Å². The van der Waals surface area contributed by atoms with Crippen molar-refractivity contribution in [2.45, 2.75) is 38.8 Å². The Labute approximate surface area is 189 Å². The maximum Gasteiger partial charge on any atom is 0.257 e. The van der Waals surface area contributed by atoms with Crippen LogP contribution in [0.3, 0.4) is 0 Å². The number of piperidine rings is 1. The predicted octanol–water partition coefficient (Wildman–Crippen LogP) is 2.87. The van der Waals surface area contributed by atoms with Crippen LogP contribution < -0.4 is 15.4 Å². The Morgan fingerprint density at radius 3 is 2.19 bits per heavy atom. The Morgan fingerprint density at radius 2 is 1.56 bits per heavy atom. The number of likely N-dealkylation sites (tertiary alicyclic amines) is 1. The number of nitrogens with zero attached hydrogens (tertiary/aromatic N) is 1. The van der Waals surface area contributed by atoms with Crippen molar-refractivity contribution in [3.63, 3.8) is 0 Å². The van der Waals surface area contributed by atoms with E-state index < -0.39 is 6.04 Å². The number of methoxy groups -OCH3 is 1. The van der Waals surface area contributed by atoms with E-state index in [0.29, 0.717) is 42.8 Å². The van der Waals surface area contributed by atoms with Crippen LogP contribution in [0, 0.1) is 5.92 Å². The molecule has 0 aliphatic carbocycles. The summed E-state index contributed by atoms with van der Waals surface area (Å²) in [6.45, 7) is 4.80. The van der Waals surface area contributed by atoms with Crippen molar-refractivity contribution in [2.24, 2.45) is 5.92 Å². The number of ether oxygens (including phenoxy) is 1. The summed E-state index contributed by atoms with van der Waals surface area (Å²) in [6, 6.07) is 15.3. The summed E-state index contributed by atoms with van der Waals surface area (Å²) < 4.78 is 5.32. The van der Waals surface area contributed by atoms with Crippen LogP contribution in [0.4, 0.5) is 0 Å². The monoisotopic (exact) mass is 437 g/mol. The van der Waals surface area contributed by atoms with Gasteiger partial charge in [0, 0.05) is 24.7 Å². The van der Waals surface area contributed by atoms with Gasteiger partial charge in [0.1, 0.15) is 11.8 Å². The van der Waals surface area contributed by atoms with Gasteiger partial charge in [-0.15, -0.1) is 0 Å². The van der Waals surface area contributed by atoms with Crippen LogP contribution in [0.1, 0.15) is 47.4 Å². The molecule has 0 aromatic heterocycles. The van der Waals surface area contributed by atoms with Gasteiger partial charge in [-0.25, -0.2) is 0 Å². The van der Waals surface area contributed by atoms with E-state index in [9.17, 15) is 14.4 Å². The zero-order valence-electron chi connectivity index (χ0n) is 18.8. The first-order valence-corrected chi connectivity index (χ1v) is 11.0. The lowest BCUT2D eigenvalue weighted by Gasteiger charge is -2.36. The molecule has 32 heavy (non-hydrogen) atoms. The van der Waals surface area contributed by atoms with Gasteiger partial charge in [0.15, 0.2) is 0 Å². The van der Waals surface area contributed by atoms with Crippen LogP contribution in [-0.4, -0.2) is 54.9 Å². The third-order valence-electron chi connectivity index (χ3n) is 5.67. The average molecular weight is 438 g/mol. The fourth-order valence-corrected chi connectivity index (χ4v) is 4.01. The molecule has 2 aromatic carbocycles. The maximum atomic E-state index is 13.0. The van der Waals surface area contributed by atoms with Crippen molar-refractivity contribution >= 4 is 17.7 Å². The molecule has 0 saturated carbocycles. The summed E-state index contributed by atoms with van der Waals surface area (Å²) in [6.07, 6.45) is 1.23. The molecule has 2 aromatic rings. The van der Waals surface area contributed by atoms with E-state index in [-0.39, 0.29) is 29.7 Å². The van der Waals surface area contributed by atoms with E-state index in [1.165, 1.54) is 0 Å². The van der Waals surface area contributed by atoms with Crippen molar-refractivity contribution in [3.8, 4) is 5.75 Å². The zero-order chi connectivity index (χ0) is 23.1. The zero-order valence-corrected chi connectivity index (χ0v) is 18.8. The number of rotatable bonds is 7. The summed E-state index contributed by atoms with van der Waals surface area (Å²) in [5.41, 5.74) is 1.04. The number of hydrogen-bond acceptors (Lipinski definition) is 4. The van der Waals surface area contributed by atoms with Crippen molar-refractivity contribution in [1.82, 2.24) is 15.5 Å². The first-order valence-electron chi connectivity index (χ1n) is 11.0. The van der Waals surface area contributed by atoms with Crippen molar-refractivity contribution < 1.29 is 19.1 Å². The average Bonchev–Trinajstić information content (AvgIpc) is 2.82. The summed E-state index contributed by atoms with van der Waals surface area (Å²) in [7, 11) is 1.55. The molecule has 1 fully saturated rings. The smallest absolute Gasteiger partial charge is 0.257 e. The highest BCUT2D eigenvalue weighted by Gasteiger charge is 2.34. The van der Waals surface area contributed by atoms with Crippen molar-refractivity contribution in [2.75, 3.05) is 20.2 Å². The van der Waals surface area contributed by atoms with Gasteiger partial charge in [0.25, 0.3) is 11.8 Å². The topological polar surface area (TPSA) is 87.7 Å². The number of nitrogens with one attached hydrogen (secondary N) is 2. The van der Waals surface area contributed by atoms with Crippen LogP contribution >= 0.6 is 0 Å². The van der Waals surface area contributed by atoms with Crippen LogP contribution in [0.25, 0.3) is 0 Å². The highest BCUT2D eigenvalue weighted by molar-refractivity contribution is 5.98. The van der Waals surface area contributed by atoms with E-state index in [4.69, 9.17) is 4.74 Å². The largest absolute Gasteiger partial charge is 0.496 e. The molecular formula is C25H31N3O4. The lowest BCUT2D eigenvalue weighted by molar-refractivity contribution is -0.125. The Balaban J connectivity index is 1.70. The Kier molecular flexibility index (Phi) is 7.87. The lowest BCUT2D eigenvalue weighted by atomic mass is 9.88. The number of amides is 3. The molecule has 1 saturated heterocycles. The van der Waals surface area contributed by atoms with Crippen LogP contribution in [0.15, 0.2) is 54.6 Å². The first kappa shape index (κ1) is 23.3. The number of para-hydroxylation sites is 1. The van der Waals surface area contributed by atoms with E-state index >= 15 is 0 Å². The third-order valence-corrected chi connectivity index (χ3v) is 5.67. The van der Waals surface area contributed by atoms with E-state index in [2.05, 4.69) is 10.6 Å². The summed E-state index contributed by atoms with van der Waals surface area (Å²) in [5, 5.41) is 5.85. The lowest BCUT2D eigenvalue weighted by Crippen LogP contribution is -2.54. The van der Waals surface area contributed by atoms with Gasteiger partial charge in [-0.1, -0.05) is 30.3 Å². The molecule has 1 aliphatic heterocycles. The quantitative estimate of drug-likeness (QED) is 0.697. The second-order valence-corrected chi connectivity index (χ2v) is 8.31. The maximum absolute atomic E-state index is 13.0. The molecule has 2 N–H and O–H groups in total. The molecule has 0 spiro atoms. The minimum absolute atomic E-state index is 0.0363. The minimum Gasteiger partial charge on any atom is -0.496 e. The van der Waals surface area contributed by atoms with Gasteiger partial charge in [-0.05, 0) is 56.9 Å². The molecule has 7 heteroatoms. The summed E-state index contributed by atoms with van der Waals surface area (Å²) in [4.78, 5) is 40.4. The first-order chi connectivity index (χ1) is 15.4. The second kappa shape index (κ2) is 10.8. The fourth-order valence-electron chi connectivity index (χ4n) is 4.01. The molecule has 1 aliphatic rings. The summed E-state index contributed by atoms with van der Waals surface area (Å²) in [5.74, 6) is -0.0784. The Morgan fingerprint density at radius 1 is 0.938 bits per heavy atom. The normalized spacial score (nSPS) is 15.2. The van der Waals surface area contributed by atoms with Crippen molar-refractivity contribution in [1.29, 1.82) is 0 Å². The van der Waals surface area contributed by atoms with Gasteiger partial charge in [-0.3, -0.25) is 14.4 Å². The van der Waals surface area contributed by atoms with Gasteiger partial charge in [-0.2, -0.15) is 0 Å². The van der Waals surface area contributed by atoms with Gasteiger partial charge in [0.2, 0.25) is 5.91 Å². The number of benzene rings is 2. The van der Waals surface area contributed by atoms with Crippen LogP contribution in [0.2, 0.25) is 0 Å². The molecule has 1 unspecified atom stereocenters. The highest BCUT2D eigenvalue weighted by Crippen LogP contribution is 2.25. The van der Waals surface area contributed by atoms with E-state index in [1.807, 2.05) is 32.0 Å². The standard InChI is InChI=1S/C25H31N3O4/c1-17(2)26-24(30)22(27-23(29)19-9-5-4-6-10-19)18-13-15-28(16-14-18)25(31)20-11-7-8-12-21(20)32-3/h4-12,17-18,22H,13-16H2,1-3H3,(H,26,30)(H,27,29). The molecule has 0 bridgehead atoms. The highest BCUT2D eigenvalue weighted by atomic mass is 16.5. The predicted molar refractivity (Wildman–Crippen MR) is 123 cm³/mol. The fraction of sp³-hybridized carbons (Fsp3) is 0.400. The number of carbonyl (C=O) groups excluding carboxylic acids is 3. The molecular weight excluding hydrogens is 406 g/mol. The SMILES string of the molecule is COc1ccccc1C(=O)N1CCC(C(NC(=O)c2ccccc2)C(=O)NC(C)C)CC1. The molecule has 3 amide bonds. The van der Waals surface area contributed by atoms with Gasteiger partial charge in [0.05, 0.1) is 12.7 Å². The molecule has 7 nitrogen and oxygen atoms in total. The molecule has 1 atom stereocenters. The van der Waals surface area contributed by atoms with Gasteiger partial charge >= 0.3 is 0 Å². The Hall–Kier alpha value is -3.35. The van der Waals surface area contributed by atoms with Crippen LogP contribution in [-0.2, 0) is 4.79 Å². The van der Waals surface area contributed by atoms with Crippen LogP contribution in [0.5, 0.6) is 5.75 Å². The molecule has 170 valence electrons. The van der Waals surface area contributed by atoms with E-state index in [1.54, 1.807) is 48.4 Å².